The second-order valence-electron chi connectivity index (χ2n) is 6.56. The number of nitrogens with one attached hydrogen (secondary N) is 1. The van der Waals surface area contributed by atoms with E-state index >= 15 is 0 Å². The molecule has 0 spiro atoms. The number of nitrogens with zero attached hydrogens (tertiary/aromatic N) is 2. The molecule has 0 unspecified atom stereocenters. The summed E-state index contributed by atoms with van der Waals surface area (Å²) in [4.78, 5) is 17.2. The van der Waals surface area contributed by atoms with Crippen LogP contribution in [0.1, 0.15) is 31.2 Å². The Bertz CT molecular complexity index is 891. The van der Waals surface area contributed by atoms with Crippen LogP contribution in [0.5, 0.6) is 0 Å². The zero-order chi connectivity index (χ0) is 16.5. The van der Waals surface area contributed by atoms with E-state index in [1.54, 1.807) is 0 Å². The van der Waals surface area contributed by atoms with Crippen molar-refractivity contribution in [3.63, 3.8) is 0 Å². The smallest absolute Gasteiger partial charge is 0.227 e. The van der Waals surface area contributed by atoms with Crippen molar-refractivity contribution in [2.45, 2.75) is 32.6 Å². The van der Waals surface area contributed by atoms with Crippen molar-refractivity contribution in [1.29, 1.82) is 0 Å². The summed E-state index contributed by atoms with van der Waals surface area (Å²) in [6, 6.07) is 12.0. The molecule has 0 atom stereocenters. The number of carbonyl (C=O) groups is 1. The van der Waals surface area contributed by atoms with Gasteiger partial charge >= 0.3 is 0 Å². The average molecular weight is 319 g/mol. The van der Waals surface area contributed by atoms with E-state index in [9.17, 15) is 4.79 Å². The summed E-state index contributed by atoms with van der Waals surface area (Å²) in [6.07, 6.45) is 8.33. The molecule has 4 heteroatoms. The van der Waals surface area contributed by atoms with Crippen molar-refractivity contribution in [3.05, 3.63) is 54.4 Å². The van der Waals surface area contributed by atoms with Crippen LogP contribution in [-0.2, 0) is 4.79 Å². The first-order valence-electron chi connectivity index (χ1n) is 8.57. The molecule has 0 bridgehead atoms. The number of carbonyl (C=O) groups excluding carboxylic acids is 1. The molecule has 1 amide bonds. The van der Waals surface area contributed by atoms with Crippen molar-refractivity contribution in [2.75, 3.05) is 5.32 Å². The predicted molar refractivity (Wildman–Crippen MR) is 96.0 cm³/mol. The van der Waals surface area contributed by atoms with Crippen molar-refractivity contribution in [1.82, 2.24) is 9.38 Å². The van der Waals surface area contributed by atoms with Crippen molar-refractivity contribution < 1.29 is 4.79 Å². The third-order valence-corrected chi connectivity index (χ3v) is 4.86. The number of amides is 1. The first-order valence-corrected chi connectivity index (χ1v) is 8.57. The fourth-order valence-corrected chi connectivity index (χ4v) is 3.52. The highest BCUT2D eigenvalue weighted by molar-refractivity contribution is 5.96. The lowest BCUT2D eigenvalue weighted by molar-refractivity contribution is -0.119. The number of fused-ring (bicyclic) bond motifs is 1. The summed E-state index contributed by atoms with van der Waals surface area (Å²) in [5, 5.41) is 3.12. The van der Waals surface area contributed by atoms with Crippen molar-refractivity contribution in [2.24, 2.45) is 5.92 Å². The lowest BCUT2D eigenvalue weighted by Gasteiger charge is -2.13. The van der Waals surface area contributed by atoms with Crippen molar-refractivity contribution in [3.8, 4) is 11.3 Å². The summed E-state index contributed by atoms with van der Waals surface area (Å²) >= 11 is 0. The molecule has 4 nitrogen and oxygen atoms in total. The number of pyridine rings is 1. The van der Waals surface area contributed by atoms with Gasteiger partial charge in [-0.2, -0.15) is 0 Å². The zero-order valence-electron chi connectivity index (χ0n) is 13.8. The summed E-state index contributed by atoms with van der Waals surface area (Å²) < 4.78 is 2.03. The highest BCUT2D eigenvalue weighted by atomic mass is 16.1. The fourth-order valence-electron chi connectivity index (χ4n) is 3.52. The van der Waals surface area contributed by atoms with Crippen LogP contribution < -0.4 is 5.32 Å². The maximum Gasteiger partial charge on any atom is 0.227 e. The van der Waals surface area contributed by atoms with Gasteiger partial charge in [-0.05, 0) is 37.5 Å². The minimum atomic E-state index is 0.139. The van der Waals surface area contributed by atoms with E-state index in [0.717, 1.165) is 53.8 Å². The number of aryl methyl sites for hydroxylation is 1. The third kappa shape index (κ3) is 2.68. The molecule has 2 heterocycles. The second-order valence-corrected chi connectivity index (χ2v) is 6.56. The van der Waals surface area contributed by atoms with Gasteiger partial charge in [0.15, 0.2) is 0 Å². The number of imidazole rings is 1. The van der Waals surface area contributed by atoms with Crippen LogP contribution in [0.15, 0.2) is 48.8 Å². The molecule has 0 radical (unpaired) electrons. The number of anilines is 1. The molecule has 2 aromatic heterocycles. The van der Waals surface area contributed by atoms with Gasteiger partial charge in [0.1, 0.15) is 5.65 Å². The number of para-hydroxylation sites is 1. The van der Waals surface area contributed by atoms with Gasteiger partial charge in [-0.25, -0.2) is 4.98 Å². The Kier molecular flexibility index (Phi) is 3.81. The minimum Gasteiger partial charge on any atom is -0.325 e. The molecular weight excluding hydrogens is 298 g/mol. The van der Waals surface area contributed by atoms with Gasteiger partial charge in [0, 0.05) is 23.9 Å². The number of rotatable bonds is 3. The lowest BCUT2D eigenvalue weighted by atomic mass is 10.1. The maximum atomic E-state index is 12.5. The molecule has 3 aromatic rings. The molecule has 1 fully saturated rings. The Morgan fingerprint density at radius 1 is 1.17 bits per heavy atom. The van der Waals surface area contributed by atoms with E-state index < -0.39 is 0 Å². The summed E-state index contributed by atoms with van der Waals surface area (Å²) in [5.41, 5.74) is 4.77. The topological polar surface area (TPSA) is 46.4 Å². The Balaban J connectivity index is 1.69. The minimum absolute atomic E-state index is 0.139. The average Bonchev–Trinajstić information content (AvgIpc) is 3.26. The van der Waals surface area contributed by atoms with Crippen LogP contribution in [0.25, 0.3) is 16.9 Å². The van der Waals surface area contributed by atoms with Crippen molar-refractivity contribution >= 4 is 17.2 Å². The lowest BCUT2D eigenvalue weighted by Crippen LogP contribution is -2.20. The van der Waals surface area contributed by atoms with Gasteiger partial charge in [-0.1, -0.05) is 37.1 Å². The van der Waals surface area contributed by atoms with E-state index in [-0.39, 0.29) is 11.8 Å². The molecule has 0 saturated heterocycles. The summed E-state index contributed by atoms with van der Waals surface area (Å²) in [5.74, 6) is 0.293. The van der Waals surface area contributed by atoms with Gasteiger partial charge in [0.25, 0.3) is 0 Å². The van der Waals surface area contributed by atoms with Crippen LogP contribution in [0.3, 0.4) is 0 Å². The maximum absolute atomic E-state index is 12.5. The summed E-state index contributed by atoms with van der Waals surface area (Å²) in [7, 11) is 0. The summed E-state index contributed by atoms with van der Waals surface area (Å²) in [6.45, 7) is 2.06. The molecule has 24 heavy (non-hydrogen) atoms. The molecule has 4 rings (SSSR count). The second kappa shape index (κ2) is 6.11. The molecular formula is C20H21N3O. The number of hydrogen-bond acceptors (Lipinski definition) is 2. The first-order chi connectivity index (χ1) is 11.7. The van der Waals surface area contributed by atoms with Gasteiger partial charge < -0.3 is 9.72 Å². The molecule has 0 aliphatic heterocycles. The molecule has 1 saturated carbocycles. The van der Waals surface area contributed by atoms with Crippen LogP contribution >= 0.6 is 0 Å². The first kappa shape index (κ1) is 14.9. The number of hydrogen-bond donors (Lipinski definition) is 1. The van der Waals surface area contributed by atoms with E-state index in [1.165, 1.54) is 0 Å². The zero-order valence-corrected chi connectivity index (χ0v) is 13.8. The molecule has 122 valence electrons. The predicted octanol–water partition coefficient (Wildman–Crippen LogP) is 4.44. The van der Waals surface area contributed by atoms with E-state index in [1.807, 2.05) is 47.1 Å². The van der Waals surface area contributed by atoms with Crippen LogP contribution in [0.2, 0.25) is 0 Å². The monoisotopic (exact) mass is 319 g/mol. The number of benzene rings is 1. The van der Waals surface area contributed by atoms with Gasteiger partial charge in [0.2, 0.25) is 5.91 Å². The van der Waals surface area contributed by atoms with E-state index in [2.05, 4.69) is 18.3 Å². The Morgan fingerprint density at radius 2 is 1.96 bits per heavy atom. The molecule has 1 aliphatic carbocycles. The Hall–Kier alpha value is -2.62. The molecule has 1 N–H and O–H groups in total. The number of aromatic nitrogens is 2. The Labute approximate surface area is 141 Å². The van der Waals surface area contributed by atoms with Gasteiger partial charge in [-0.3, -0.25) is 4.79 Å². The highest BCUT2D eigenvalue weighted by Crippen LogP contribution is 2.30. The van der Waals surface area contributed by atoms with Gasteiger partial charge in [0.05, 0.1) is 11.4 Å². The largest absolute Gasteiger partial charge is 0.325 e. The van der Waals surface area contributed by atoms with E-state index in [0.29, 0.717) is 0 Å². The normalized spacial score (nSPS) is 15.0. The van der Waals surface area contributed by atoms with Crippen LogP contribution in [-0.4, -0.2) is 15.3 Å². The molecule has 1 aliphatic rings. The van der Waals surface area contributed by atoms with Crippen LogP contribution in [0, 0.1) is 12.8 Å². The standard InChI is InChI=1S/C20H21N3O/c1-14-7-6-12-23-13-18(21-19(14)23)16-10-4-5-11-17(16)22-20(24)15-8-2-3-9-15/h4-7,10-13,15H,2-3,8-9H2,1H3,(H,22,24). The fraction of sp³-hybridized carbons (Fsp3) is 0.300. The quantitative estimate of drug-likeness (QED) is 0.776. The van der Waals surface area contributed by atoms with Crippen LogP contribution in [0.4, 0.5) is 5.69 Å². The molecule has 1 aromatic carbocycles. The third-order valence-electron chi connectivity index (χ3n) is 4.86. The van der Waals surface area contributed by atoms with E-state index in [4.69, 9.17) is 4.98 Å². The Morgan fingerprint density at radius 3 is 2.75 bits per heavy atom. The van der Waals surface area contributed by atoms with Gasteiger partial charge in [-0.15, -0.1) is 0 Å². The SMILES string of the molecule is Cc1cccn2cc(-c3ccccc3NC(=O)C3CCCC3)nc12. The highest BCUT2D eigenvalue weighted by Gasteiger charge is 2.23.